The summed E-state index contributed by atoms with van der Waals surface area (Å²) in [5, 5.41) is 14.3. The molecule has 7 heteroatoms. The highest BCUT2D eigenvalue weighted by Crippen LogP contribution is 2.17. The number of urea groups is 1. The van der Waals surface area contributed by atoms with Crippen molar-refractivity contribution in [1.82, 2.24) is 15.5 Å². The maximum absolute atomic E-state index is 12.2. The van der Waals surface area contributed by atoms with E-state index in [4.69, 9.17) is 5.11 Å². The van der Waals surface area contributed by atoms with Gasteiger partial charge >= 0.3 is 12.0 Å². The van der Waals surface area contributed by atoms with Crippen LogP contribution in [0.1, 0.15) is 33.1 Å². The molecule has 1 unspecified atom stereocenters. The number of piperidine rings is 1. The Balaban J connectivity index is 2.60. The van der Waals surface area contributed by atoms with Gasteiger partial charge in [-0.15, -0.1) is 0 Å². The fraction of sp³-hybridized carbons (Fsp3) is 0.786. The van der Waals surface area contributed by atoms with Gasteiger partial charge in [0, 0.05) is 20.1 Å². The van der Waals surface area contributed by atoms with Crippen LogP contribution in [0.25, 0.3) is 0 Å². The summed E-state index contributed by atoms with van der Waals surface area (Å²) in [6, 6.07) is -1.30. The summed E-state index contributed by atoms with van der Waals surface area (Å²) in [6.07, 6.45) is 1.87. The van der Waals surface area contributed by atoms with E-state index in [2.05, 4.69) is 10.6 Å². The first-order valence-corrected chi connectivity index (χ1v) is 7.35. The van der Waals surface area contributed by atoms with Gasteiger partial charge in [0.05, 0.1) is 5.92 Å². The van der Waals surface area contributed by atoms with Crippen LogP contribution >= 0.6 is 0 Å². The zero-order valence-electron chi connectivity index (χ0n) is 12.9. The summed E-state index contributed by atoms with van der Waals surface area (Å²) in [7, 11) is 1.57. The molecule has 2 atom stereocenters. The van der Waals surface area contributed by atoms with Crippen LogP contribution in [0.5, 0.6) is 0 Å². The third-order valence-electron chi connectivity index (χ3n) is 3.63. The van der Waals surface area contributed by atoms with Crippen molar-refractivity contribution >= 4 is 17.9 Å². The van der Waals surface area contributed by atoms with Crippen LogP contribution in [0.3, 0.4) is 0 Å². The molecule has 1 rings (SSSR count). The number of carboxylic acids is 1. The number of rotatable bonds is 5. The smallest absolute Gasteiger partial charge is 0.326 e. The molecule has 0 aromatic carbocycles. The first kappa shape index (κ1) is 17.3. The molecule has 3 amide bonds. The Labute approximate surface area is 125 Å². The molecular weight excluding hydrogens is 274 g/mol. The number of carbonyl (C=O) groups excluding carboxylic acids is 2. The van der Waals surface area contributed by atoms with Crippen molar-refractivity contribution in [1.29, 1.82) is 0 Å². The van der Waals surface area contributed by atoms with Crippen LogP contribution in [0.15, 0.2) is 0 Å². The number of amides is 3. The van der Waals surface area contributed by atoms with Crippen molar-refractivity contribution in [3.05, 3.63) is 0 Å². The van der Waals surface area contributed by atoms with Crippen LogP contribution in [0.4, 0.5) is 4.79 Å². The molecule has 0 aliphatic carbocycles. The molecule has 0 spiro atoms. The largest absolute Gasteiger partial charge is 0.480 e. The van der Waals surface area contributed by atoms with E-state index < -0.39 is 18.0 Å². The van der Waals surface area contributed by atoms with Gasteiger partial charge in [-0.25, -0.2) is 9.59 Å². The normalized spacial score (nSPS) is 20.0. The van der Waals surface area contributed by atoms with Gasteiger partial charge in [-0.3, -0.25) is 4.79 Å². The minimum atomic E-state index is -1.03. The first-order valence-electron chi connectivity index (χ1n) is 7.35. The number of carbonyl (C=O) groups is 3. The molecule has 0 bridgehead atoms. The number of carboxylic acid groups (broad SMARTS) is 1. The molecule has 1 aliphatic rings. The van der Waals surface area contributed by atoms with Crippen molar-refractivity contribution in [2.75, 3.05) is 20.1 Å². The number of hydrogen-bond acceptors (Lipinski definition) is 3. The van der Waals surface area contributed by atoms with E-state index in [0.29, 0.717) is 19.5 Å². The Bertz CT molecular complexity index is 398. The standard InChI is InChI=1S/C14H25N3O4/c1-9(2)7-11(13(19)20)16-14(21)17-6-4-5-10(8-17)12(18)15-3/h9-11H,4-8H2,1-3H3,(H,15,18)(H,16,21)(H,19,20)/t10?,11-/m0/s1. The zero-order chi connectivity index (χ0) is 16.0. The summed E-state index contributed by atoms with van der Waals surface area (Å²) in [6.45, 7) is 4.70. The average molecular weight is 299 g/mol. The van der Waals surface area contributed by atoms with Gasteiger partial charge in [-0.05, 0) is 25.2 Å². The number of nitrogens with one attached hydrogen (secondary N) is 2. The lowest BCUT2D eigenvalue weighted by Gasteiger charge is -2.32. The van der Waals surface area contributed by atoms with Gasteiger partial charge in [0.1, 0.15) is 6.04 Å². The molecule has 120 valence electrons. The van der Waals surface area contributed by atoms with Crippen molar-refractivity contribution in [2.24, 2.45) is 11.8 Å². The summed E-state index contributed by atoms with van der Waals surface area (Å²) in [5.41, 5.74) is 0. The van der Waals surface area contributed by atoms with E-state index in [-0.39, 0.29) is 17.7 Å². The quantitative estimate of drug-likeness (QED) is 0.694. The van der Waals surface area contributed by atoms with E-state index in [1.807, 2.05) is 13.8 Å². The number of nitrogens with zero attached hydrogens (tertiary/aromatic N) is 1. The van der Waals surface area contributed by atoms with Gasteiger partial charge in [0.2, 0.25) is 5.91 Å². The highest BCUT2D eigenvalue weighted by atomic mass is 16.4. The Morgan fingerprint density at radius 3 is 2.52 bits per heavy atom. The van der Waals surface area contributed by atoms with Gasteiger partial charge in [-0.2, -0.15) is 0 Å². The molecule has 1 heterocycles. The van der Waals surface area contributed by atoms with Crippen molar-refractivity contribution in [3.63, 3.8) is 0 Å². The predicted molar refractivity (Wildman–Crippen MR) is 77.8 cm³/mol. The third kappa shape index (κ3) is 5.24. The molecule has 0 aromatic rings. The van der Waals surface area contributed by atoms with E-state index in [1.165, 1.54) is 4.90 Å². The molecule has 3 N–H and O–H groups in total. The maximum atomic E-state index is 12.2. The van der Waals surface area contributed by atoms with Crippen molar-refractivity contribution in [3.8, 4) is 0 Å². The lowest BCUT2D eigenvalue weighted by Crippen LogP contribution is -2.52. The monoisotopic (exact) mass is 299 g/mol. The fourth-order valence-corrected chi connectivity index (χ4v) is 2.51. The molecule has 21 heavy (non-hydrogen) atoms. The first-order chi connectivity index (χ1) is 9.85. The Morgan fingerprint density at radius 1 is 1.33 bits per heavy atom. The second kappa shape index (κ2) is 7.85. The molecule has 1 fully saturated rings. The molecule has 7 nitrogen and oxygen atoms in total. The van der Waals surface area contributed by atoms with Gasteiger partial charge in [-0.1, -0.05) is 13.8 Å². The SMILES string of the molecule is CNC(=O)C1CCCN(C(=O)N[C@@H](CC(C)C)C(=O)O)C1. The Hall–Kier alpha value is -1.79. The van der Waals surface area contributed by atoms with Crippen molar-refractivity contribution in [2.45, 2.75) is 39.2 Å². The van der Waals surface area contributed by atoms with E-state index in [1.54, 1.807) is 7.05 Å². The minimum absolute atomic E-state index is 0.0792. The minimum Gasteiger partial charge on any atom is -0.480 e. The topological polar surface area (TPSA) is 98.7 Å². The second-order valence-electron chi connectivity index (χ2n) is 5.87. The number of hydrogen-bond donors (Lipinski definition) is 3. The summed E-state index contributed by atoms with van der Waals surface area (Å²) in [4.78, 5) is 36.5. The lowest BCUT2D eigenvalue weighted by molar-refractivity contribution is -0.139. The average Bonchev–Trinajstić information content (AvgIpc) is 2.45. The zero-order valence-corrected chi connectivity index (χ0v) is 12.9. The molecule has 0 saturated carbocycles. The Morgan fingerprint density at radius 2 is 2.00 bits per heavy atom. The second-order valence-corrected chi connectivity index (χ2v) is 5.87. The van der Waals surface area contributed by atoms with Gasteiger partial charge < -0.3 is 20.6 Å². The lowest BCUT2D eigenvalue weighted by atomic mass is 9.97. The summed E-state index contributed by atoms with van der Waals surface area (Å²) >= 11 is 0. The van der Waals surface area contributed by atoms with Crippen LogP contribution in [0, 0.1) is 11.8 Å². The van der Waals surface area contributed by atoms with E-state index in [9.17, 15) is 14.4 Å². The summed E-state index contributed by atoms with van der Waals surface area (Å²) in [5.74, 6) is -1.16. The van der Waals surface area contributed by atoms with Crippen LogP contribution in [-0.4, -0.2) is 54.1 Å². The number of likely N-dealkylation sites (tertiary alicyclic amines) is 1. The van der Waals surface area contributed by atoms with Crippen LogP contribution in [0.2, 0.25) is 0 Å². The maximum Gasteiger partial charge on any atom is 0.326 e. The van der Waals surface area contributed by atoms with Gasteiger partial charge in [0.15, 0.2) is 0 Å². The van der Waals surface area contributed by atoms with Gasteiger partial charge in [0.25, 0.3) is 0 Å². The molecule has 1 saturated heterocycles. The highest BCUT2D eigenvalue weighted by molar-refractivity contribution is 5.84. The fourth-order valence-electron chi connectivity index (χ4n) is 2.51. The molecular formula is C14H25N3O4. The third-order valence-corrected chi connectivity index (χ3v) is 3.63. The molecule has 0 aromatic heterocycles. The highest BCUT2D eigenvalue weighted by Gasteiger charge is 2.30. The van der Waals surface area contributed by atoms with E-state index in [0.717, 1.165) is 12.8 Å². The number of aliphatic carboxylic acids is 1. The predicted octanol–water partition coefficient (Wildman–Crippen LogP) is 0.653. The molecule has 0 radical (unpaired) electrons. The van der Waals surface area contributed by atoms with Crippen molar-refractivity contribution < 1.29 is 19.5 Å². The van der Waals surface area contributed by atoms with Crippen LogP contribution < -0.4 is 10.6 Å². The summed E-state index contributed by atoms with van der Waals surface area (Å²) < 4.78 is 0. The van der Waals surface area contributed by atoms with Crippen LogP contribution in [-0.2, 0) is 9.59 Å². The Kier molecular flexibility index (Phi) is 6.45. The van der Waals surface area contributed by atoms with E-state index >= 15 is 0 Å². The molecule has 1 aliphatic heterocycles.